The Labute approximate surface area is 209 Å². The smallest absolute Gasteiger partial charge is 0.287 e. The monoisotopic (exact) mass is 486 g/mol. The lowest BCUT2D eigenvalue weighted by molar-refractivity contribution is -0.191. The van der Waals surface area contributed by atoms with Gasteiger partial charge >= 0.3 is 0 Å². The average Bonchev–Trinajstić information content (AvgIpc) is 3.45. The van der Waals surface area contributed by atoms with Crippen molar-refractivity contribution in [3.05, 3.63) is 59.4 Å². The Bertz CT molecular complexity index is 1380. The van der Waals surface area contributed by atoms with E-state index in [1.165, 1.54) is 12.8 Å². The number of benzene rings is 2. The van der Waals surface area contributed by atoms with Gasteiger partial charge in [0.25, 0.3) is 5.91 Å². The van der Waals surface area contributed by atoms with Crippen molar-refractivity contribution in [2.24, 2.45) is 5.92 Å². The summed E-state index contributed by atoms with van der Waals surface area (Å²) in [6.07, 6.45) is 4.81. The summed E-state index contributed by atoms with van der Waals surface area (Å²) in [6.45, 7) is 1.93. The van der Waals surface area contributed by atoms with Crippen LogP contribution in [0.25, 0.3) is 11.0 Å². The summed E-state index contributed by atoms with van der Waals surface area (Å²) in [7, 11) is 0. The number of rotatable bonds is 4. The summed E-state index contributed by atoms with van der Waals surface area (Å²) in [5.41, 5.74) is 1.20. The van der Waals surface area contributed by atoms with Crippen LogP contribution in [-0.4, -0.2) is 57.9 Å². The summed E-state index contributed by atoms with van der Waals surface area (Å²) in [4.78, 5) is 15.8. The Balaban J connectivity index is 1.18. The van der Waals surface area contributed by atoms with Crippen LogP contribution in [-0.2, 0) is 11.8 Å². The Morgan fingerprint density at radius 3 is 2.83 bits per heavy atom. The number of likely N-dealkylation sites (tertiary alicyclic amines) is 1. The number of nitrogens with one attached hydrogen (secondary N) is 1. The van der Waals surface area contributed by atoms with Gasteiger partial charge in [0.1, 0.15) is 11.7 Å². The maximum atomic E-state index is 13.3. The summed E-state index contributed by atoms with van der Waals surface area (Å²) < 4.78 is 12.4. The van der Waals surface area contributed by atoms with Crippen LogP contribution in [0.1, 0.15) is 53.8 Å². The fraction of sp³-hybridized carbons (Fsp3) is 0.483. The number of carbonyl (C=O) groups is 1. The number of aromatic hydroxyl groups is 1. The Hall–Kier alpha value is -3.03. The van der Waals surface area contributed by atoms with Gasteiger partial charge in [0.05, 0.1) is 17.1 Å². The standard InChI is InChI=1S/C29H30N2O5/c32-20-8-7-18-14-23-29(34)10-9-19(30-27(33)22-13-17-3-1-2-4-21(17)35-22)26-28(29,24(18)25(20)36-26)11-12-31(23)15-16-5-6-16/h1-4,7-8,13,16,19,23,26,32,34H,5-6,9-12,14-15H2,(H,30,33)/t19-,23+,26-,28-,29+/m0/s1. The first kappa shape index (κ1) is 21.1. The van der Waals surface area contributed by atoms with E-state index in [2.05, 4.69) is 10.2 Å². The highest BCUT2D eigenvalue weighted by Crippen LogP contribution is 2.65. The number of aliphatic hydroxyl groups is 1. The second kappa shape index (κ2) is 7.05. The van der Waals surface area contributed by atoms with Crippen molar-refractivity contribution in [3.63, 3.8) is 0 Å². The van der Waals surface area contributed by atoms with Gasteiger partial charge in [-0.05, 0) is 74.8 Å². The number of piperidine rings is 1. The molecular weight excluding hydrogens is 456 g/mol. The van der Waals surface area contributed by atoms with Gasteiger partial charge in [-0.1, -0.05) is 24.3 Å². The van der Waals surface area contributed by atoms with E-state index in [-0.39, 0.29) is 29.5 Å². The molecule has 7 nitrogen and oxygen atoms in total. The highest BCUT2D eigenvalue weighted by Gasteiger charge is 2.73. The van der Waals surface area contributed by atoms with Gasteiger partial charge < -0.3 is 24.7 Å². The molecule has 3 fully saturated rings. The molecule has 2 bridgehead atoms. The van der Waals surface area contributed by atoms with Crippen LogP contribution < -0.4 is 10.1 Å². The lowest BCUT2D eigenvalue weighted by Crippen LogP contribution is -2.78. The quantitative estimate of drug-likeness (QED) is 0.523. The van der Waals surface area contributed by atoms with Gasteiger partial charge in [-0.15, -0.1) is 0 Å². The number of carbonyl (C=O) groups excluding carboxylic acids is 1. The number of para-hydroxylation sites is 1. The number of furan rings is 1. The lowest BCUT2D eigenvalue weighted by Gasteiger charge is -2.64. The topological polar surface area (TPSA) is 95.2 Å². The fourth-order valence-electron chi connectivity index (χ4n) is 7.96. The number of amides is 1. The van der Waals surface area contributed by atoms with Crippen LogP contribution in [0.3, 0.4) is 0 Å². The molecule has 2 aliphatic heterocycles. The number of hydrogen-bond donors (Lipinski definition) is 3. The normalized spacial score (nSPS) is 34.3. The summed E-state index contributed by atoms with van der Waals surface area (Å²) in [5.74, 6) is 1.35. The van der Waals surface area contributed by atoms with Gasteiger partial charge in [0.15, 0.2) is 17.3 Å². The van der Waals surface area contributed by atoms with Crippen LogP contribution in [0.5, 0.6) is 11.5 Å². The maximum Gasteiger partial charge on any atom is 0.287 e. The van der Waals surface area contributed by atoms with Crippen molar-refractivity contribution in [1.82, 2.24) is 10.2 Å². The van der Waals surface area contributed by atoms with Gasteiger partial charge in [0.2, 0.25) is 0 Å². The molecule has 2 saturated carbocycles. The first-order valence-electron chi connectivity index (χ1n) is 13.3. The molecule has 3 N–H and O–H groups in total. The van der Waals surface area contributed by atoms with Crippen molar-refractivity contribution in [3.8, 4) is 11.5 Å². The van der Waals surface area contributed by atoms with Crippen molar-refractivity contribution < 1.29 is 24.2 Å². The maximum absolute atomic E-state index is 13.3. The average molecular weight is 487 g/mol. The minimum absolute atomic E-state index is 0.0213. The molecule has 0 unspecified atom stereocenters. The first-order valence-corrected chi connectivity index (χ1v) is 13.3. The molecule has 8 rings (SSSR count). The van der Waals surface area contributed by atoms with Gasteiger partial charge in [0, 0.05) is 23.5 Å². The number of fused-ring (bicyclic) bond motifs is 1. The number of ether oxygens (including phenoxy) is 1. The third-order valence-electron chi connectivity index (χ3n) is 9.73. The molecular formula is C29H30N2O5. The molecule has 0 radical (unpaired) electrons. The highest BCUT2D eigenvalue weighted by molar-refractivity contribution is 5.96. The van der Waals surface area contributed by atoms with Crippen LogP contribution in [0.4, 0.5) is 0 Å². The third kappa shape index (κ3) is 2.62. The molecule has 1 amide bonds. The molecule has 2 aromatic carbocycles. The number of phenols is 1. The second-order valence-electron chi connectivity index (χ2n) is 11.6. The molecule has 3 heterocycles. The summed E-state index contributed by atoms with van der Waals surface area (Å²) in [5, 5.41) is 27.4. The molecule has 5 aliphatic rings. The van der Waals surface area contributed by atoms with E-state index in [1.807, 2.05) is 30.3 Å². The minimum atomic E-state index is -0.961. The molecule has 186 valence electrons. The highest BCUT2D eigenvalue weighted by atomic mass is 16.5. The Morgan fingerprint density at radius 1 is 1.14 bits per heavy atom. The van der Waals surface area contributed by atoms with E-state index in [0.29, 0.717) is 24.2 Å². The first-order chi connectivity index (χ1) is 17.5. The molecule has 5 atom stereocenters. The van der Waals surface area contributed by atoms with E-state index < -0.39 is 17.1 Å². The van der Waals surface area contributed by atoms with Crippen molar-refractivity contribution >= 4 is 16.9 Å². The summed E-state index contributed by atoms with van der Waals surface area (Å²) in [6, 6.07) is 12.8. The molecule has 3 aliphatic carbocycles. The predicted molar refractivity (Wildman–Crippen MR) is 132 cm³/mol. The van der Waals surface area contributed by atoms with Gasteiger partial charge in [-0.3, -0.25) is 9.69 Å². The molecule has 7 heteroatoms. The molecule has 3 aromatic rings. The number of nitrogens with zero attached hydrogens (tertiary/aromatic N) is 1. The number of hydrogen-bond acceptors (Lipinski definition) is 6. The van der Waals surface area contributed by atoms with Crippen LogP contribution in [0.2, 0.25) is 0 Å². The molecule has 1 saturated heterocycles. The third-order valence-corrected chi connectivity index (χ3v) is 9.73. The van der Waals surface area contributed by atoms with Crippen molar-refractivity contribution in [1.29, 1.82) is 0 Å². The van der Waals surface area contributed by atoms with E-state index in [0.717, 1.165) is 48.4 Å². The van der Waals surface area contributed by atoms with Crippen molar-refractivity contribution in [2.75, 3.05) is 13.1 Å². The van der Waals surface area contributed by atoms with E-state index in [1.54, 1.807) is 12.1 Å². The zero-order chi connectivity index (χ0) is 24.2. The van der Waals surface area contributed by atoms with Gasteiger partial charge in [-0.25, -0.2) is 0 Å². The second-order valence-corrected chi connectivity index (χ2v) is 11.6. The molecule has 1 spiro atoms. The Kier molecular flexibility index (Phi) is 4.13. The molecule has 36 heavy (non-hydrogen) atoms. The Morgan fingerprint density at radius 2 is 2.00 bits per heavy atom. The van der Waals surface area contributed by atoms with Crippen LogP contribution in [0.15, 0.2) is 46.9 Å². The van der Waals surface area contributed by atoms with E-state index in [9.17, 15) is 15.0 Å². The van der Waals surface area contributed by atoms with Crippen LogP contribution >= 0.6 is 0 Å². The van der Waals surface area contributed by atoms with E-state index >= 15 is 0 Å². The SMILES string of the molecule is O=C(N[C@H]1CC[C@@]2(O)[C@H]3Cc4ccc(O)c5c4[C@@]2(CCN3CC2CC2)[C@H]1O5)c1cc2ccccc2o1. The van der Waals surface area contributed by atoms with Gasteiger partial charge in [-0.2, -0.15) is 0 Å². The predicted octanol–water partition coefficient (Wildman–Crippen LogP) is 3.50. The lowest BCUT2D eigenvalue weighted by atomic mass is 9.48. The van der Waals surface area contributed by atoms with E-state index in [4.69, 9.17) is 9.15 Å². The number of phenolic OH excluding ortho intramolecular Hbond substituents is 1. The van der Waals surface area contributed by atoms with Crippen LogP contribution in [0, 0.1) is 5.92 Å². The summed E-state index contributed by atoms with van der Waals surface area (Å²) >= 11 is 0. The zero-order valence-electron chi connectivity index (χ0n) is 20.1. The molecule has 1 aromatic heterocycles. The minimum Gasteiger partial charge on any atom is -0.504 e. The zero-order valence-corrected chi connectivity index (χ0v) is 20.1. The largest absolute Gasteiger partial charge is 0.504 e. The van der Waals surface area contributed by atoms with Crippen molar-refractivity contribution in [2.45, 2.75) is 67.7 Å². The fourth-order valence-corrected chi connectivity index (χ4v) is 7.96.